The number of fused-ring (bicyclic) bond motifs is 1. The molecule has 1 aliphatic rings. The van der Waals surface area contributed by atoms with Gasteiger partial charge in [-0.1, -0.05) is 30.3 Å². The number of hydrogen-bond donors (Lipinski definition) is 1. The number of aliphatic hydroxyl groups excluding tert-OH is 1. The summed E-state index contributed by atoms with van der Waals surface area (Å²) in [5, 5.41) is 11.0. The van der Waals surface area contributed by atoms with Crippen LogP contribution in [0, 0.1) is 13.8 Å². The van der Waals surface area contributed by atoms with Gasteiger partial charge in [0.1, 0.15) is 17.7 Å². The number of carbonyl (C=O) groups excluding carboxylic acids is 2. The molecule has 2 heterocycles. The van der Waals surface area contributed by atoms with Crippen LogP contribution >= 0.6 is 0 Å². The molecule has 1 aliphatic heterocycles. The Hall–Kier alpha value is -3.32. The second-order valence-electron chi connectivity index (χ2n) is 8.44. The first-order valence-electron chi connectivity index (χ1n) is 10.9. The highest BCUT2D eigenvalue weighted by Crippen LogP contribution is 2.30. The molecule has 1 saturated heterocycles. The fourth-order valence-corrected chi connectivity index (χ4v) is 4.12. The molecule has 0 aliphatic carbocycles. The summed E-state index contributed by atoms with van der Waals surface area (Å²) in [6.45, 7) is 7.58. The third kappa shape index (κ3) is 4.48. The Bertz CT molecular complexity index is 1180. The first-order chi connectivity index (χ1) is 15.3. The SMILES string of the molecule is CC(=O)C[C@@H](O)C(=O)N1CCN(c2nc(-c3ccccc3C)nc3cc(C)ccc23)CC1.[HH]. The summed E-state index contributed by atoms with van der Waals surface area (Å²) in [7, 11) is 0. The molecular formula is C25H30N4O3. The fourth-order valence-electron chi connectivity index (χ4n) is 4.12. The number of Topliss-reactive ketones (excluding diaryl/α,β-unsaturated/α-hetero) is 1. The Morgan fingerprint density at radius 3 is 2.47 bits per heavy atom. The van der Waals surface area contributed by atoms with Crippen molar-refractivity contribution < 1.29 is 16.1 Å². The number of aromatic nitrogens is 2. The predicted octanol–water partition coefficient (Wildman–Crippen LogP) is 3.15. The Morgan fingerprint density at radius 2 is 1.78 bits per heavy atom. The monoisotopic (exact) mass is 434 g/mol. The highest BCUT2D eigenvalue weighted by Gasteiger charge is 2.28. The molecule has 0 unspecified atom stereocenters. The minimum atomic E-state index is -1.27. The molecular weight excluding hydrogens is 404 g/mol. The summed E-state index contributed by atoms with van der Waals surface area (Å²) < 4.78 is 0. The maximum atomic E-state index is 12.5. The molecule has 0 radical (unpaired) electrons. The highest BCUT2D eigenvalue weighted by atomic mass is 16.3. The lowest BCUT2D eigenvalue weighted by Crippen LogP contribution is -2.52. The molecule has 0 bridgehead atoms. The molecule has 168 valence electrons. The van der Waals surface area contributed by atoms with E-state index in [-0.39, 0.29) is 19.5 Å². The van der Waals surface area contributed by atoms with Gasteiger partial charge >= 0.3 is 0 Å². The predicted molar refractivity (Wildman–Crippen MR) is 127 cm³/mol. The van der Waals surface area contributed by atoms with E-state index in [2.05, 4.69) is 36.1 Å². The average molecular weight is 435 g/mol. The van der Waals surface area contributed by atoms with Gasteiger partial charge in [-0.25, -0.2) is 9.97 Å². The molecule has 1 N–H and O–H groups in total. The van der Waals surface area contributed by atoms with Gasteiger partial charge in [-0.05, 0) is 44.0 Å². The van der Waals surface area contributed by atoms with Gasteiger partial charge in [0.15, 0.2) is 5.82 Å². The average Bonchev–Trinajstić information content (AvgIpc) is 2.77. The minimum Gasteiger partial charge on any atom is -0.383 e. The smallest absolute Gasteiger partial charge is 0.251 e. The Balaban J connectivity index is 0.00000306. The van der Waals surface area contributed by atoms with Crippen LogP contribution in [0.3, 0.4) is 0 Å². The van der Waals surface area contributed by atoms with Crippen LogP contribution < -0.4 is 4.90 Å². The molecule has 4 rings (SSSR count). The van der Waals surface area contributed by atoms with E-state index in [1.807, 2.05) is 25.1 Å². The van der Waals surface area contributed by atoms with Crippen molar-refractivity contribution in [3.05, 3.63) is 53.6 Å². The van der Waals surface area contributed by atoms with Crippen molar-refractivity contribution in [2.24, 2.45) is 0 Å². The first-order valence-corrected chi connectivity index (χ1v) is 10.9. The zero-order valence-electron chi connectivity index (χ0n) is 18.7. The lowest BCUT2D eigenvalue weighted by atomic mass is 10.1. The van der Waals surface area contributed by atoms with Gasteiger partial charge in [0.25, 0.3) is 5.91 Å². The van der Waals surface area contributed by atoms with Gasteiger partial charge in [-0.3, -0.25) is 9.59 Å². The summed E-state index contributed by atoms with van der Waals surface area (Å²) in [5.41, 5.74) is 4.13. The number of ketones is 1. The van der Waals surface area contributed by atoms with Gasteiger partial charge in [-0.2, -0.15) is 0 Å². The lowest BCUT2D eigenvalue weighted by molar-refractivity contribution is -0.142. The van der Waals surface area contributed by atoms with Crippen LogP contribution in [0.15, 0.2) is 42.5 Å². The molecule has 1 aromatic heterocycles. The number of hydrogen-bond acceptors (Lipinski definition) is 6. The van der Waals surface area contributed by atoms with E-state index >= 15 is 0 Å². The number of aryl methyl sites for hydroxylation is 2. The van der Waals surface area contributed by atoms with Crippen LogP contribution in [0.1, 0.15) is 25.9 Å². The molecule has 3 aromatic rings. The van der Waals surface area contributed by atoms with Crippen molar-refractivity contribution in [1.82, 2.24) is 14.9 Å². The van der Waals surface area contributed by atoms with E-state index in [0.29, 0.717) is 32.0 Å². The molecule has 1 atom stereocenters. The maximum Gasteiger partial charge on any atom is 0.251 e. The van der Waals surface area contributed by atoms with Crippen LogP contribution in [0.25, 0.3) is 22.3 Å². The van der Waals surface area contributed by atoms with E-state index in [9.17, 15) is 14.7 Å². The Morgan fingerprint density at radius 1 is 1.06 bits per heavy atom. The van der Waals surface area contributed by atoms with Crippen molar-refractivity contribution >= 4 is 28.4 Å². The summed E-state index contributed by atoms with van der Waals surface area (Å²) in [6, 6.07) is 14.2. The second-order valence-corrected chi connectivity index (χ2v) is 8.44. The van der Waals surface area contributed by atoms with Gasteiger partial charge in [0.05, 0.1) is 5.52 Å². The largest absolute Gasteiger partial charge is 0.383 e. The summed E-state index contributed by atoms with van der Waals surface area (Å²) in [5.74, 6) is 0.954. The highest BCUT2D eigenvalue weighted by molar-refractivity contribution is 5.92. The van der Waals surface area contributed by atoms with Crippen LogP contribution in [0.2, 0.25) is 0 Å². The van der Waals surface area contributed by atoms with Crippen molar-refractivity contribution in [3.63, 3.8) is 0 Å². The Labute approximate surface area is 189 Å². The topological polar surface area (TPSA) is 86.6 Å². The summed E-state index contributed by atoms with van der Waals surface area (Å²) in [6.07, 6.45) is -1.41. The van der Waals surface area contributed by atoms with Crippen LogP contribution in [0.4, 0.5) is 5.82 Å². The van der Waals surface area contributed by atoms with Crippen LogP contribution in [0.5, 0.6) is 0 Å². The molecule has 1 fully saturated rings. The normalized spacial score (nSPS) is 15.1. The minimum absolute atomic E-state index is 0. The number of anilines is 1. The van der Waals surface area contributed by atoms with E-state index in [0.717, 1.165) is 33.4 Å². The summed E-state index contributed by atoms with van der Waals surface area (Å²) in [4.78, 5) is 37.3. The summed E-state index contributed by atoms with van der Waals surface area (Å²) >= 11 is 0. The molecule has 1 amide bonds. The number of carbonyl (C=O) groups is 2. The number of piperazine rings is 1. The fraction of sp³-hybridized carbons (Fsp3) is 0.360. The number of benzene rings is 2. The molecule has 2 aromatic carbocycles. The van der Waals surface area contributed by atoms with Gasteiger partial charge in [-0.15, -0.1) is 0 Å². The first kappa shape index (κ1) is 21.9. The van der Waals surface area contributed by atoms with E-state index in [4.69, 9.17) is 9.97 Å². The van der Waals surface area contributed by atoms with Gasteiger partial charge in [0.2, 0.25) is 0 Å². The number of rotatable bonds is 5. The molecule has 7 nitrogen and oxygen atoms in total. The van der Waals surface area contributed by atoms with Crippen molar-refractivity contribution in [3.8, 4) is 11.4 Å². The third-order valence-corrected chi connectivity index (χ3v) is 5.88. The molecule has 0 spiro atoms. The van der Waals surface area contributed by atoms with Gasteiger partial charge in [0, 0.05) is 45.0 Å². The quantitative estimate of drug-likeness (QED) is 0.664. The standard InChI is InChI=1S/C25H28N4O3.H2/c1-16-8-9-20-21(14-16)26-23(19-7-5-4-6-17(19)2)27-24(20)28-10-12-29(13-11-28)25(32)22(31)15-18(3)30;/h4-9,14,22,31H,10-13,15H2,1-3H3;1H/t22-;/m1./s1. The van der Waals surface area contributed by atoms with Crippen LogP contribution in [-0.2, 0) is 9.59 Å². The van der Waals surface area contributed by atoms with Crippen molar-refractivity contribution in [2.45, 2.75) is 33.3 Å². The lowest BCUT2D eigenvalue weighted by Gasteiger charge is -2.36. The van der Waals surface area contributed by atoms with Crippen molar-refractivity contribution in [1.29, 1.82) is 0 Å². The zero-order valence-corrected chi connectivity index (χ0v) is 18.7. The molecule has 0 saturated carbocycles. The van der Waals surface area contributed by atoms with Gasteiger partial charge < -0.3 is 14.9 Å². The van der Waals surface area contributed by atoms with Crippen molar-refractivity contribution in [2.75, 3.05) is 31.1 Å². The third-order valence-electron chi connectivity index (χ3n) is 5.88. The van der Waals surface area contributed by atoms with E-state index in [1.165, 1.54) is 6.92 Å². The number of aliphatic hydroxyl groups is 1. The molecule has 7 heteroatoms. The van der Waals surface area contributed by atoms with E-state index < -0.39 is 6.10 Å². The second kappa shape index (κ2) is 9.04. The molecule has 32 heavy (non-hydrogen) atoms. The number of nitrogens with zero attached hydrogens (tertiary/aromatic N) is 4. The maximum absolute atomic E-state index is 12.5. The van der Waals surface area contributed by atoms with Crippen LogP contribution in [-0.4, -0.2) is 63.9 Å². The zero-order chi connectivity index (χ0) is 22.8. The van der Waals surface area contributed by atoms with E-state index in [1.54, 1.807) is 4.90 Å². The number of amides is 1. The Kier molecular flexibility index (Phi) is 6.19.